The molecule has 350 valence electrons. The van der Waals surface area contributed by atoms with Gasteiger partial charge in [-0.3, -0.25) is 56.4 Å². The molecule has 7 heterocycles. The van der Waals surface area contributed by atoms with E-state index in [0.717, 1.165) is 21.8 Å². The van der Waals surface area contributed by atoms with Gasteiger partial charge in [0.2, 0.25) is 52.6 Å². The number of nitrogens with two attached hydrogens (primary N) is 2. The SMILES string of the molecule is Nc1nc2c(ncn2C2OC3COP(=O)(O)OC4C(COP(=O)(O)OC3C2O)OC(n2cnc3c(=O)[nH]c(N)nc32)C4NC(=O)CCCC(=O)Oc2c(F)c(F)c(F)c(F)c2F)c(=O)[nH]1. The van der Waals surface area contributed by atoms with Crippen LogP contribution >= 0.6 is 15.6 Å². The molecule has 34 heteroatoms. The number of hydrogen-bond acceptors (Lipinski definition) is 20. The van der Waals surface area contributed by atoms with Crippen molar-refractivity contribution in [2.75, 3.05) is 24.7 Å². The molecule has 10 atom stereocenters. The highest BCUT2D eigenvalue weighted by atomic mass is 31.2. The predicted molar refractivity (Wildman–Crippen MR) is 198 cm³/mol. The minimum Gasteiger partial charge on any atom is -0.420 e. The van der Waals surface area contributed by atoms with Gasteiger partial charge in [0.1, 0.15) is 36.6 Å². The highest BCUT2D eigenvalue weighted by molar-refractivity contribution is 7.47. The summed E-state index contributed by atoms with van der Waals surface area (Å²) in [5.74, 6) is -17.4. The molecule has 4 aromatic heterocycles. The van der Waals surface area contributed by atoms with Crippen LogP contribution in [0.3, 0.4) is 0 Å². The Morgan fingerprint density at radius 3 is 1.82 bits per heavy atom. The van der Waals surface area contributed by atoms with Gasteiger partial charge < -0.3 is 45.9 Å². The van der Waals surface area contributed by atoms with E-state index in [-0.39, 0.29) is 28.3 Å². The van der Waals surface area contributed by atoms with Crippen LogP contribution in [0.4, 0.5) is 33.8 Å². The average molecular weight is 970 g/mol. The van der Waals surface area contributed by atoms with E-state index in [4.69, 9.17) is 39.0 Å². The number of halogens is 5. The van der Waals surface area contributed by atoms with Crippen molar-refractivity contribution >= 4 is 61.7 Å². The lowest BCUT2D eigenvalue weighted by Gasteiger charge is -2.29. The van der Waals surface area contributed by atoms with Crippen LogP contribution in [0.2, 0.25) is 0 Å². The molecule has 0 radical (unpaired) electrons. The Morgan fingerprint density at radius 1 is 0.785 bits per heavy atom. The lowest BCUT2D eigenvalue weighted by molar-refractivity contribution is -0.135. The van der Waals surface area contributed by atoms with Gasteiger partial charge in [0.15, 0.2) is 34.8 Å². The largest absolute Gasteiger partial charge is 0.472 e. The van der Waals surface area contributed by atoms with Crippen LogP contribution in [0.15, 0.2) is 22.2 Å². The highest BCUT2D eigenvalue weighted by Gasteiger charge is 2.54. The fraction of sp³-hybridized carbons (Fsp3) is 0.419. The number of aromatic amines is 2. The van der Waals surface area contributed by atoms with Crippen LogP contribution in [0.25, 0.3) is 22.3 Å². The van der Waals surface area contributed by atoms with E-state index in [1.807, 2.05) is 0 Å². The zero-order valence-corrected chi connectivity index (χ0v) is 33.9. The van der Waals surface area contributed by atoms with Crippen molar-refractivity contribution in [3.05, 3.63) is 62.4 Å². The van der Waals surface area contributed by atoms with Crippen molar-refractivity contribution in [2.24, 2.45) is 0 Å². The van der Waals surface area contributed by atoms with Gasteiger partial charge in [-0.15, -0.1) is 0 Å². The monoisotopic (exact) mass is 969 g/mol. The molecule has 10 unspecified atom stereocenters. The van der Waals surface area contributed by atoms with Crippen molar-refractivity contribution in [3.63, 3.8) is 0 Å². The van der Waals surface area contributed by atoms with Gasteiger partial charge in [-0.1, -0.05) is 0 Å². The number of esters is 1. The van der Waals surface area contributed by atoms with Crippen LogP contribution in [-0.4, -0.2) is 116 Å². The zero-order chi connectivity index (χ0) is 46.9. The number of phosphoric ester groups is 2. The van der Waals surface area contributed by atoms with Crippen molar-refractivity contribution in [1.29, 1.82) is 0 Å². The Kier molecular flexibility index (Phi) is 12.1. The van der Waals surface area contributed by atoms with Gasteiger partial charge in [0.05, 0.1) is 25.9 Å². The summed E-state index contributed by atoms with van der Waals surface area (Å²) >= 11 is 0. The number of imidazole rings is 2. The van der Waals surface area contributed by atoms with Crippen molar-refractivity contribution in [2.45, 2.75) is 68.3 Å². The number of nitrogens with one attached hydrogen (secondary N) is 3. The smallest absolute Gasteiger partial charge is 0.420 e. The summed E-state index contributed by atoms with van der Waals surface area (Å²) in [6.07, 6.45) is -12.5. The van der Waals surface area contributed by atoms with E-state index in [1.165, 1.54) is 0 Å². The van der Waals surface area contributed by atoms with Crippen molar-refractivity contribution in [3.8, 4) is 5.75 Å². The van der Waals surface area contributed by atoms with Crippen LogP contribution < -0.4 is 32.6 Å². The minimum absolute atomic E-state index is 0.210. The first kappa shape index (κ1) is 45.8. The van der Waals surface area contributed by atoms with Gasteiger partial charge in [-0.05, 0) is 6.42 Å². The van der Waals surface area contributed by atoms with Gasteiger partial charge in [-0.2, -0.15) is 18.7 Å². The number of amides is 1. The standard InChI is InChI=1S/C31H30F5N11O16P2/c32-12-13(33)15(35)23(16(36)14(12)34)61-11(49)3-1-2-10(48)41-17-21-8(59-28(17)46-6-39-18-24(46)42-30(37)44-26(18)51)4-57-65(55,56)63-22-9(5-58-64(53,54)62-21)60-29(20(22)50)47-7-40-19-25(47)43-31(38)45-27(19)52/h6-9,17,20-22,28-29,50H,1-5H2,(H,41,48)(H,53,54)(H,55,56)(H3,37,42,44,51)(H3,38,43,45,52). The Bertz CT molecular complexity index is 2930. The second-order valence-corrected chi connectivity index (χ2v) is 17.0. The molecule has 65 heavy (non-hydrogen) atoms. The number of carbonyl (C=O) groups excluding carboxylic acids is 2. The minimum atomic E-state index is -5.42. The molecule has 0 saturated carbocycles. The number of nitrogen functional groups attached to an aromatic ring is 2. The quantitative estimate of drug-likeness (QED) is 0.0244. The Labute approximate surface area is 355 Å². The molecule has 27 nitrogen and oxygen atoms in total. The van der Waals surface area contributed by atoms with Crippen LogP contribution in [0, 0.1) is 29.1 Å². The number of phosphoric acid groups is 2. The second kappa shape index (κ2) is 17.2. The third-order valence-electron chi connectivity index (χ3n) is 9.91. The predicted octanol–water partition coefficient (Wildman–Crippen LogP) is -0.453. The van der Waals surface area contributed by atoms with E-state index in [2.05, 4.69) is 40.0 Å². The molecule has 1 amide bonds. The van der Waals surface area contributed by atoms with Crippen LogP contribution in [0.5, 0.6) is 5.75 Å². The first-order valence-electron chi connectivity index (χ1n) is 18.4. The first-order valence-corrected chi connectivity index (χ1v) is 21.4. The summed E-state index contributed by atoms with van der Waals surface area (Å²) in [4.78, 5) is 93.1. The van der Waals surface area contributed by atoms with Crippen LogP contribution in [-0.2, 0) is 46.3 Å². The van der Waals surface area contributed by atoms with Crippen LogP contribution in [0.1, 0.15) is 31.7 Å². The Morgan fingerprint density at radius 2 is 1.26 bits per heavy atom. The third kappa shape index (κ3) is 8.84. The van der Waals surface area contributed by atoms with Gasteiger partial charge >= 0.3 is 21.6 Å². The van der Waals surface area contributed by atoms with Crippen molar-refractivity contribution < 1.29 is 87.9 Å². The normalized spacial score (nSPS) is 29.5. The van der Waals surface area contributed by atoms with Gasteiger partial charge in [-0.25, -0.2) is 32.3 Å². The molecular weight excluding hydrogens is 939 g/mol. The summed E-state index contributed by atoms with van der Waals surface area (Å²) in [5, 5.41) is 13.7. The molecule has 0 spiro atoms. The highest BCUT2D eigenvalue weighted by Crippen LogP contribution is 2.54. The zero-order valence-electron chi connectivity index (χ0n) is 32.1. The Balaban J connectivity index is 1.05. The summed E-state index contributed by atoms with van der Waals surface area (Å²) in [5.41, 5.74) is 8.70. The number of H-pyrrole nitrogens is 2. The maximum absolute atomic E-state index is 14.1. The number of benzene rings is 1. The maximum atomic E-state index is 14.1. The molecule has 3 aliphatic heterocycles. The number of ether oxygens (including phenoxy) is 3. The molecule has 1 aromatic carbocycles. The number of aliphatic hydroxyl groups excluding tert-OH is 1. The molecule has 0 aliphatic carbocycles. The van der Waals surface area contributed by atoms with E-state index in [1.54, 1.807) is 0 Å². The number of hydrogen-bond donors (Lipinski definition) is 8. The number of aliphatic hydroxyl groups is 1. The second-order valence-electron chi connectivity index (χ2n) is 14.2. The number of nitrogens with zero attached hydrogens (tertiary/aromatic N) is 6. The van der Waals surface area contributed by atoms with E-state index in [9.17, 15) is 65.2 Å². The molecule has 3 aliphatic rings. The lowest BCUT2D eigenvalue weighted by Crippen LogP contribution is -2.48. The average Bonchev–Trinajstić information content (AvgIpc) is 4.00. The Hall–Kier alpha value is -5.79. The molecule has 5 aromatic rings. The topological polar surface area (TPSA) is 385 Å². The summed E-state index contributed by atoms with van der Waals surface area (Å²) in [7, 11) is -10.8. The number of carbonyl (C=O) groups is 2. The maximum Gasteiger partial charge on any atom is 0.472 e. The van der Waals surface area contributed by atoms with E-state index >= 15 is 0 Å². The third-order valence-corrected chi connectivity index (χ3v) is 11.9. The fourth-order valence-electron chi connectivity index (χ4n) is 7.06. The first-order chi connectivity index (χ1) is 30.6. The molecule has 0 bridgehead atoms. The summed E-state index contributed by atoms with van der Waals surface area (Å²) in [6, 6.07) is -1.72. The molecule has 8 rings (SSSR count). The number of fused-ring (bicyclic) bond motifs is 4. The summed E-state index contributed by atoms with van der Waals surface area (Å²) < 4.78 is 135. The van der Waals surface area contributed by atoms with Gasteiger partial charge in [0, 0.05) is 12.8 Å². The molecule has 3 saturated heterocycles. The van der Waals surface area contributed by atoms with Crippen molar-refractivity contribution in [1.82, 2.24) is 44.4 Å². The molecular formula is C31H30F5N11O16P2. The van der Waals surface area contributed by atoms with E-state index in [0.29, 0.717) is 0 Å². The molecule has 3 fully saturated rings. The fourth-order valence-corrected chi connectivity index (χ4v) is 9.00. The lowest BCUT2D eigenvalue weighted by atomic mass is 10.1. The molecule has 10 N–H and O–H groups in total. The number of aromatic nitrogens is 8. The number of rotatable bonds is 8. The van der Waals surface area contributed by atoms with E-state index < -0.39 is 161 Å². The van der Waals surface area contributed by atoms with Gasteiger partial charge in [0.25, 0.3) is 11.1 Å². The number of anilines is 2. The summed E-state index contributed by atoms with van der Waals surface area (Å²) in [6.45, 7) is -2.10.